The van der Waals surface area contributed by atoms with E-state index < -0.39 is 5.91 Å². The average molecular weight is 284 g/mol. The Morgan fingerprint density at radius 3 is 2.67 bits per heavy atom. The second-order valence-corrected chi connectivity index (χ2v) is 5.65. The van der Waals surface area contributed by atoms with Gasteiger partial charge in [-0.15, -0.1) is 0 Å². The first-order chi connectivity index (χ1) is 10.1. The Labute approximate surface area is 124 Å². The summed E-state index contributed by atoms with van der Waals surface area (Å²) >= 11 is 0. The Bertz CT molecular complexity index is 662. The number of nitrogens with zero attached hydrogens (tertiary/aromatic N) is 3. The van der Waals surface area contributed by atoms with E-state index >= 15 is 0 Å². The van der Waals surface area contributed by atoms with Gasteiger partial charge in [-0.1, -0.05) is 6.07 Å². The van der Waals surface area contributed by atoms with Crippen molar-refractivity contribution < 1.29 is 4.79 Å². The molecule has 1 aromatic heterocycles. The van der Waals surface area contributed by atoms with Gasteiger partial charge in [-0.3, -0.25) is 14.7 Å². The number of pyridine rings is 1. The number of piperazine rings is 1. The van der Waals surface area contributed by atoms with Crippen molar-refractivity contribution in [1.82, 2.24) is 14.8 Å². The number of hydrogen-bond acceptors (Lipinski definition) is 4. The van der Waals surface area contributed by atoms with Crippen LogP contribution in [0.3, 0.4) is 0 Å². The molecular formula is C16H20N4O. The third-order valence-electron chi connectivity index (χ3n) is 4.01. The first-order valence-corrected chi connectivity index (χ1v) is 7.22. The molecule has 1 amide bonds. The SMILES string of the molecule is CN1CCN(Cc2ccc3cc(C(N)=O)ccc3n2)CC1. The maximum atomic E-state index is 11.2. The van der Waals surface area contributed by atoms with E-state index in [1.165, 1.54) is 0 Å². The molecule has 5 nitrogen and oxygen atoms in total. The van der Waals surface area contributed by atoms with Gasteiger partial charge in [0.1, 0.15) is 0 Å². The molecule has 0 aliphatic carbocycles. The largest absolute Gasteiger partial charge is 0.366 e. The van der Waals surface area contributed by atoms with Crippen LogP contribution in [0, 0.1) is 0 Å². The van der Waals surface area contributed by atoms with Gasteiger partial charge in [0.2, 0.25) is 5.91 Å². The Balaban J connectivity index is 1.78. The summed E-state index contributed by atoms with van der Waals surface area (Å²) in [5.41, 5.74) is 7.80. The fraction of sp³-hybridized carbons (Fsp3) is 0.375. The highest BCUT2D eigenvalue weighted by Gasteiger charge is 2.14. The van der Waals surface area contributed by atoms with Gasteiger partial charge in [0.15, 0.2) is 0 Å². The molecule has 2 N–H and O–H groups in total. The molecule has 5 heteroatoms. The zero-order valence-corrected chi connectivity index (χ0v) is 12.2. The molecule has 110 valence electrons. The number of benzene rings is 1. The Morgan fingerprint density at radius 2 is 1.95 bits per heavy atom. The highest BCUT2D eigenvalue weighted by atomic mass is 16.1. The fourth-order valence-electron chi connectivity index (χ4n) is 2.64. The number of likely N-dealkylation sites (N-methyl/N-ethyl adjacent to an activating group) is 1. The number of rotatable bonds is 3. The van der Waals surface area contributed by atoms with E-state index in [-0.39, 0.29) is 0 Å². The van der Waals surface area contributed by atoms with Gasteiger partial charge >= 0.3 is 0 Å². The first-order valence-electron chi connectivity index (χ1n) is 7.22. The van der Waals surface area contributed by atoms with E-state index in [0.717, 1.165) is 49.3 Å². The van der Waals surface area contributed by atoms with E-state index in [1.807, 2.05) is 18.2 Å². The molecule has 0 bridgehead atoms. The van der Waals surface area contributed by atoms with Gasteiger partial charge in [0.25, 0.3) is 0 Å². The Hall–Kier alpha value is -1.98. The van der Waals surface area contributed by atoms with E-state index in [1.54, 1.807) is 12.1 Å². The molecule has 1 fully saturated rings. The van der Waals surface area contributed by atoms with Crippen LogP contribution in [0.4, 0.5) is 0 Å². The van der Waals surface area contributed by atoms with E-state index in [9.17, 15) is 4.79 Å². The molecule has 3 rings (SSSR count). The number of hydrogen-bond donors (Lipinski definition) is 1. The van der Waals surface area contributed by atoms with Crippen LogP contribution >= 0.6 is 0 Å². The second kappa shape index (κ2) is 5.79. The van der Waals surface area contributed by atoms with Crippen LogP contribution in [0.15, 0.2) is 30.3 Å². The minimum Gasteiger partial charge on any atom is -0.366 e. The fourth-order valence-corrected chi connectivity index (χ4v) is 2.64. The van der Waals surface area contributed by atoms with Crippen molar-refractivity contribution in [2.45, 2.75) is 6.54 Å². The van der Waals surface area contributed by atoms with Crippen LogP contribution in [-0.4, -0.2) is 53.9 Å². The standard InChI is InChI=1S/C16H20N4O/c1-19-6-8-20(9-7-19)11-14-4-2-12-10-13(16(17)21)3-5-15(12)18-14/h2-5,10H,6-9,11H2,1H3,(H2,17,21). The summed E-state index contributed by atoms with van der Waals surface area (Å²) in [5, 5.41) is 0.952. The molecule has 0 spiro atoms. The molecule has 2 aromatic rings. The summed E-state index contributed by atoms with van der Waals surface area (Å²) in [5.74, 6) is -0.404. The lowest BCUT2D eigenvalue weighted by atomic mass is 10.1. The van der Waals surface area contributed by atoms with Crippen molar-refractivity contribution in [3.63, 3.8) is 0 Å². The van der Waals surface area contributed by atoms with Crippen molar-refractivity contribution in [2.24, 2.45) is 5.73 Å². The third-order valence-corrected chi connectivity index (χ3v) is 4.01. The average Bonchev–Trinajstić information content (AvgIpc) is 2.49. The Kier molecular flexibility index (Phi) is 3.86. The smallest absolute Gasteiger partial charge is 0.248 e. The lowest BCUT2D eigenvalue weighted by Crippen LogP contribution is -2.43. The van der Waals surface area contributed by atoms with Gasteiger partial charge in [0.05, 0.1) is 11.2 Å². The quantitative estimate of drug-likeness (QED) is 0.916. The molecule has 2 heterocycles. The summed E-state index contributed by atoms with van der Waals surface area (Å²) in [6.07, 6.45) is 0. The predicted octanol–water partition coefficient (Wildman–Crippen LogP) is 1.08. The third kappa shape index (κ3) is 3.20. The number of aromatic nitrogens is 1. The van der Waals surface area contributed by atoms with E-state index in [2.05, 4.69) is 21.8 Å². The second-order valence-electron chi connectivity index (χ2n) is 5.65. The molecule has 0 radical (unpaired) electrons. The topological polar surface area (TPSA) is 62.5 Å². The summed E-state index contributed by atoms with van der Waals surface area (Å²) < 4.78 is 0. The van der Waals surface area contributed by atoms with Gasteiger partial charge in [-0.25, -0.2) is 0 Å². The molecule has 1 aromatic carbocycles. The summed E-state index contributed by atoms with van der Waals surface area (Å²) in [6.45, 7) is 5.25. The van der Waals surface area contributed by atoms with Crippen LogP contribution in [0.5, 0.6) is 0 Å². The van der Waals surface area contributed by atoms with E-state index in [0.29, 0.717) is 5.56 Å². The minimum absolute atomic E-state index is 0.404. The molecule has 1 aliphatic rings. The lowest BCUT2D eigenvalue weighted by molar-refractivity contribution is 0.100. The predicted molar refractivity (Wildman–Crippen MR) is 83.0 cm³/mol. The normalized spacial score (nSPS) is 17.2. The maximum absolute atomic E-state index is 11.2. The van der Waals surface area contributed by atoms with Crippen molar-refractivity contribution in [3.8, 4) is 0 Å². The van der Waals surface area contributed by atoms with Gasteiger partial charge in [0, 0.05) is 43.7 Å². The summed E-state index contributed by atoms with van der Waals surface area (Å²) in [7, 11) is 2.15. The zero-order valence-electron chi connectivity index (χ0n) is 12.2. The maximum Gasteiger partial charge on any atom is 0.248 e. The van der Waals surface area contributed by atoms with Crippen molar-refractivity contribution in [3.05, 3.63) is 41.6 Å². The first kappa shape index (κ1) is 14.0. The molecule has 1 saturated heterocycles. The highest BCUT2D eigenvalue weighted by molar-refractivity contribution is 5.96. The van der Waals surface area contributed by atoms with Crippen LogP contribution < -0.4 is 5.73 Å². The van der Waals surface area contributed by atoms with Gasteiger partial charge in [-0.05, 0) is 31.3 Å². The number of nitrogens with two attached hydrogens (primary N) is 1. The molecule has 0 atom stereocenters. The summed E-state index contributed by atoms with van der Waals surface area (Å²) in [6, 6.07) is 9.44. The highest BCUT2D eigenvalue weighted by Crippen LogP contribution is 2.16. The van der Waals surface area contributed by atoms with Crippen molar-refractivity contribution >= 4 is 16.8 Å². The molecule has 0 unspecified atom stereocenters. The van der Waals surface area contributed by atoms with Crippen LogP contribution in [0.25, 0.3) is 10.9 Å². The number of fused-ring (bicyclic) bond motifs is 1. The van der Waals surface area contributed by atoms with Crippen LogP contribution in [-0.2, 0) is 6.54 Å². The van der Waals surface area contributed by atoms with Gasteiger partial charge < -0.3 is 10.6 Å². The number of carbonyl (C=O) groups excluding carboxylic acids is 1. The number of primary amides is 1. The Morgan fingerprint density at radius 1 is 1.19 bits per heavy atom. The molecule has 0 saturated carbocycles. The van der Waals surface area contributed by atoms with Crippen LogP contribution in [0.2, 0.25) is 0 Å². The van der Waals surface area contributed by atoms with E-state index in [4.69, 9.17) is 5.73 Å². The summed E-state index contributed by atoms with van der Waals surface area (Å²) in [4.78, 5) is 20.6. The zero-order chi connectivity index (χ0) is 14.8. The monoisotopic (exact) mass is 284 g/mol. The number of amides is 1. The number of carbonyl (C=O) groups is 1. The minimum atomic E-state index is -0.404. The van der Waals surface area contributed by atoms with Crippen molar-refractivity contribution in [2.75, 3.05) is 33.2 Å². The van der Waals surface area contributed by atoms with Gasteiger partial charge in [-0.2, -0.15) is 0 Å². The van der Waals surface area contributed by atoms with Crippen molar-refractivity contribution in [1.29, 1.82) is 0 Å². The molecule has 21 heavy (non-hydrogen) atoms. The molecular weight excluding hydrogens is 264 g/mol. The molecule has 1 aliphatic heterocycles. The van der Waals surface area contributed by atoms with Crippen LogP contribution in [0.1, 0.15) is 16.1 Å². The lowest BCUT2D eigenvalue weighted by Gasteiger charge is -2.32.